The van der Waals surface area contributed by atoms with Crippen molar-refractivity contribution in [2.75, 3.05) is 10.6 Å². The van der Waals surface area contributed by atoms with E-state index in [2.05, 4.69) is 32.7 Å². The topological polar surface area (TPSA) is 86.9 Å². The maximum Gasteiger partial charge on any atom is 0.228 e. The molecule has 154 valence electrons. The van der Waals surface area contributed by atoms with Crippen molar-refractivity contribution in [3.63, 3.8) is 0 Å². The molecule has 31 heavy (non-hydrogen) atoms. The third kappa shape index (κ3) is 4.05. The van der Waals surface area contributed by atoms with E-state index >= 15 is 0 Å². The number of carbonyl (C=O) groups excluding carboxylic acids is 2. The highest BCUT2D eigenvalue weighted by atomic mass is 16.2. The first kappa shape index (κ1) is 19.1. The monoisotopic (exact) mass is 410 g/mol. The van der Waals surface area contributed by atoms with Gasteiger partial charge in [-0.1, -0.05) is 30.3 Å². The highest BCUT2D eigenvalue weighted by molar-refractivity contribution is 5.95. The molecule has 0 bridgehead atoms. The highest BCUT2D eigenvalue weighted by Crippen LogP contribution is 2.47. The van der Waals surface area contributed by atoms with Crippen LogP contribution in [0.4, 0.5) is 11.4 Å². The summed E-state index contributed by atoms with van der Waals surface area (Å²) >= 11 is 0. The van der Waals surface area contributed by atoms with Crippen molar-refractivity contribution >= 4 is 34.2 Å². The minimum absolute atomic E-state index is 0.0373. The molecule has 1 heterocycles. The zero-order valence-electron chi connectivity index (χ0n) is 17.1. The molecule has 1 fully saturated rings. The van der Waals surface area contributed by atoms with Crippen LogP contribution in [0.5, 0.6) is 0 Å². The van der Waals surface area contributed by atoms with Gasteiger partial charge in [-0.3, -0.25) is 9.59 Å². The lowest BCUT2D eigenvalue weighted by Gasteiger charge is -2.06. The third-order valence-corrected chi connectivity index (χ3v) is 5.58. The molecule has 4 aromatic rings. The fraction of sp³-hybridized carbons (Fsp3) is 0.160. The maximum atomic E-state index is 12.6. The summed E-state index contributed by atoms with van der Waals surface area (Å²) in [6.45, 7) is 1.48. The average molecular weight is 410 g/mol. The number of fused-ring (bicyclic) bond motifs is 1. The van der Waals surface area contributed by atoms with E-state index in [0.29, 0.717) is 5.92 Å². The fourth-order valence-corrected chi connectivity index (χ4v) is 3.93. The molecule has 0 aliphatic heterocycles. The van der Waals surface area contributed by atoms with Crippen LogP contribution in [0, 0.1) is 5.92 Å². The number of rotatable bonds is 5. The molecule has 1 aromatic heterocycles. The van der Waals surface area contributed by atoms with Gasteiger partial charge in [0, 0.05) is 29.8 Å². The normalized spacial score (nSPS) is 17.3. The molecule has 3 aromatic carbocycles. The number of imidazole rings is 1. The number of carbonyl (C=O) groups is 2. The Labute approximate surface area is 179 Å². The quantitative estimate of drug-likeness (QED) is 0.436. The van der Waals surface area contributed by atoms with Crippen LogP contribution in [0.15, 0.2) is 72.8 Å². The summed E-state index contributed by atoms with van der Waals surface area (Å²) in [5.41, 5.74) is 5.31. The predicted molar refractivity (Wildman–Crippen MR) is 122 cm³/mol. The van der Waals surface area contributed by atoms with Crippen molar-refractivity contribution < 1.29 is 9.59 Å². The number of amides is 2. The smallest absolute Gasteiger partial charge is 0.228 e. The SMILES string of the molecule is CC(=O)Nc1ccc2nc(-c3ccc(NC(=O)C4CC4c4ccccc4)cc3)[nH]c2c1. The van der Waals surface area contributed by atoms with Crippen LogP contribution in [0.3, 0.4) is 0 Å². The molecule has 2 atom stereocenters. The van der Waals surface area contributed by atoms with Crippen LogP contribution >= 0.6 is 0 Å². The lowest BCUT2D eigenvalue weighted by molar-refractivity contribution is -0.117. The molecule has 2 unspecified atom stereocenters. The minimum Gasteiger partial charge on any atom is -0.338 e. The molecule has 6 heteroatoms. The Hall–Kier alpha value is -3.93. The summed E-state index contributed by atoms with van der Waals surface area (Å²) in [6, 6.07) is 23.4. The van der Waals surface area contributed by atoms with E-state index in [1.165, 1.54) is 12.5 Å². The van der Waals surface area contributed by atoms with Crippen LogP contribution in [0.25, 0.3) is 22.4 Å². The molecule has 0 radical (unpaired) electrons. The van der Waals surface area contributed by atoms with Crippen molar-refractivity contribution in [1.82, 2.24) is 9.97 Å². The second-order valence-electron chi connectivity index (χ2n) is 7.92. The molecule has 5 rings (SSSR count). The number of nitrogens with one attached hydrogen (secondary N) is 3. The van der Waals surface area contributed by atoms with Crippen LogP contribution in [0.1, 0.15) is 24.8 Å². The number of benzene rings is 3. The Kier molecular flexibility index (Phi) is 4.75. The minimum atomic E-state index is -0.113. The van der Waals surface area contributed by atoms with Crippen molar-refractivity contribution in [3.8, 4) is 11.4 Å². The number of hydrogen-bond acceptors (Lipinski definition) is 3. The molecule has 0 spiro atoms. The summed E-state index contributed by atoms with van der Waals surface area (Å²) in [4.78, 5) is 31.7. The van der Waals surface area contributed by atoms with Gasteiger partial charge in [-0.05, 0) is 60.4 Å². The fourth-order valence-electron chi connectivity index (χ4n) is 3.93. The molecular formula is C25H22N4O2. The molecular weight excluding hydrogens is 388 g/mol. The first-order valence-corrected chi connectivity index (χ1v) is 10.3. The van der Waals surface area contributed by atoms with Gasteiger partial charge in [0.1, 0.15) is 5.82 Å². The van der Waals surface area contributed by atoms with Gasteiger partial charge in [0.25, 0.3) is 0 Å². The van der Waals surface area contributed by atoms with E-state index < -0.39 is 0 Å². The van der Waals surface area contributed by atoms with Crippen molar-refractivity contribution in [3.05, 3.63) is 78.4 Å². The average Bonchev–Trinajstić information content (AvgIpc) is 3.47. The van der Waals surface area contributed by atoms with Gasteiger partial charge >= 0.3 is 0 Å². The Morgan fingerprint density at radius 3 is 2.42 bits per heavy atom. The second kappa shape index (κ2) is 7.72. The molecule has 2 amide bonds. The van der Waals surface area contributed by atoms with Gasteiger partial charge in [-0.15, -0.1) is 0 Å². The van der Waals surface area contributed by atoms with Crippen LogP contribution in [-0.2, 0) is 9.59 Å². The van der Waals surface area contributed by atoms with Gasteiger partial charge < -0.3 is 15.6 Å². The van der Waals surface area contributed by atoms with E-state index in [0.717, 1.165) is 40.2 Å². The lowest BCUT2D eigenvalue weighted by atomic mass is 10.1. The Morgan fingerprint density at radius 1 is 0.935 bits per heavy atom. The van der Waals surface area contributed by atoms with E-state index in [1.54, 1.807) is 0 Å². The highest BCUT2D eigenvalue weighted by Gasteiger charge is 2.43. The number of aromatic amines is 1. The predicted octanol–water partition coefficient (Wildman–Crippen LogP) is 4.93. The first-order valence-electron chi connectivity index (χ1n) is 10.3. The number of H-pyrrole nitrogens is 1. The molecule has 6 nitrogen and oxygen atoms in total. The standard InChI is InChI=1S/C25H22N4O2/c1-15(30)26-19-11-12-22-23(13-19)29-24(28-22)17-7-9-18(10-8-17)27-25(31)21-14-20(21)16-5-3-2-4-6-16/h2-13,20-21H,14H2,1H3,(H,26,30)(H,27,31)(H,28,29). The van der Waals surface area contributed by atoms with Crippen LogP contribution in [0.2, 0.25) is 0 Å². The molecule has 1 aliphatic rings. The number of aromatic nitrogens is 2. The zero-order valence-corrected chi connectivity index (χ0v) is 17.1. The van der Waals surface area contributed by atoms with Gasteiger partial charge in [0.2, 0.25) is 11.8 Å². The maximum absolute atomic E-state index is 12.6. The van der Waals surface area contributed by atoms with Gasteiger partial charge in [-0.2, -0.15) is 0 Å². The summed E-state index contributed by atoms with van der Waals surface area (Å²) in [7, 11) is 0. The molecule has 1 aliphatic carbocycles. The third-order valence-electron chi connectivity index (χ3n) is 5.58. The largest absolute Gasteiger partial charge is 0.338 e. The van der Waals surface area contributed by atoms with Crippen molar-refractivity contribution in [1.29, 1.82) is 0 Å². The van der Waals surface area contributed by atoms with E-state index in [1.807, 2.05) is 60.7 Å². The Bertz CT molecular complexity index is 1260. The zero-order chi connectivity index (χ0) is 21.4. The summed E-state index contributed by atoms with van der Waals surface area (Å²) in [5, 5.41) is 5.80. The number of nitrogens with zero attached hydrogens (tertiary/aromatic N) is 1. The van der Waals surface area contributed by atoms with Gasteiger partial charge in [-0.25, -0.2) is 4.98 Å². The molecule has 1 saturated carbocycles. The number of hydrogen-bond donors (Lipinski definition) is 3. The van der Waals surface area contributed by atoms with E-state index in [4.69, 9.17) is 0 Å². The first-order chi connectivity index (χ1) is 15.1. The summed E-state index contributed by atoms with van der Waals surface area (Å²) < 4.78 is 0. The summed E-state index contributed by atoms with van der Waals surface area (Å²) in [6.07, 6.45) is 0.896. The number of anilines is 2. The molecule has 3 N–H and O–H groups in total. The van der Waals surface area contributed by atoms with E-state index in [9.17, 15) is 9.59 Å². The summed E-state index contributed by atoms with van der Waals surface area (Å²) in [5.74, 6) is 1.04. The molecule has 0 saturated heterocycles. The van der Waals surface area contributed by atoms with Crippen LogP contribution in [-0.4, -0.2) is 21.8 Å². The lowest BCUT2D eigenvalue weighted by Crippen LogP contribution is -2.14. The van der Waals surface area contributed by atoms with Crippen LogP contribution < -0.4 is 10.6 Å². The van der Waals surface area contributed by atoms with Gasteiger partial charge in [0.15, 0.2) is 0 Å². The van der Waals surface area contributed by atoms with Gasteiger partial charge in [0.05, 0.1) is 11.0 Å². The van der Waals surface area contributed by atoms with E-state index in [-0.39, 0.29) is 17.7 Å². The second-order valence-corrected chi connectivity index (χ2v) is 7.92. The van der Waals surface area contributed by atoms with Crippen molar-refractivity contribution in [2.45, 2.75) is 19.3 Å². The Balaban J connectivity index is 1.27. The Morgan fingerprint density at radius 2 is 1.68 bits per heavy atom. The van der Waals surface area contributed by atoms with Crippen molar-refractivity contribution in [2.24, 2.45) is 5.92 Å².